The van der Waals surface area contributed by atoms with E-state index < -0.39 is 10.0 Å². The lowest BCUT2D eigenvalue weighted by atomic mass is 10.3. The largest absolute Gasteiger partial charge is 0.313 e. The van der Waals surface area contributed by atoms with Crippen LogP contribution in [0.3, 0.4) is 0 Å². The van der Waals surface area contributed by atoms with E-state index in [2.05, 4.69) is 17.2 Å². The Labute approximate surface area is 125 Å². The first-order valence-electron chi connectivity index (χ1n) is 6.88. The molecule has 1 aromatic rings. The van der Waals surface area contributed by atoms with Gasteiger partial charge >= 0.3 is 0 Å². The summed E-state index contributed by atoms with van der Waals surface area (Å²) in [6.07, 6.45) is 2.72. The topological polar surface area (TPSA) is 62.3 Å². The zero-order valence-electron chi connectivity index (χ0n) is 11.7. The van der Waals surface area contributed by atoms with Crippen LogP contribution in [0.15, 0.2) is 23.4 Å². The summed E-state index contributed by atoms with van der Waals surface area (Å²) >= 11 is 1.79. The summed E-state index contributed by atoms with van der Waals surface area (Å²) in [5.41, 5.74) is 1.01. The predicted octanol–water partition coefficient (Wildman–Crippen LogP) is 1.32. The Morgan fingerprint density at radius 3 is 2.70 bits per heavy atom. The Hall–Kier alpha value is -0.630. The molecule has 20 heavy (non-hydrogen) atoms. The highest BCUT2D eigenvalue weighted by Gasteiger charge is 2.27. The highest BCUT2D eigenvalue weighted by atomic mass is 32.2. The van der Waals surface area contributed by atoms with Gasteiger partial charge in [0.25, 0.3) is 10.0 Å². The second kappa shape index (κ2) is 7.40. The second-order valence-electron chi connectivity index (χ2n) is 4.70. The van der Waals surface area contributed by atoms with Crippen molar-refractivity contribution in [3.05, 3.63) is 23.9 Å². The van der Waals surface area contributed by atoms with Gasteiger partial charge in [-0.05, 0) is 24.6 Å². The molecule has 1 fully saturated rings. The highest BCUT2D eigenvalue weighted by molar-refractivity contribution is 7.99. The minimum absolute atomic E-state index is 0.156. The SMILES string of the molecule is CCCNCc1ccc(S(=O)(=O)N2CCSCC2)nc1. The lowest BCUT2D eigenvalue weighted by Gasteiger charge is -2.25. The van der Waals surface area contributed by atoms with Crippen molar-refractivity contribution in [1.82, 2.24) is 14.6 Å². The van der Waals surface area contributed by atoms with Crippen LogP contribution in [0.1, 0.15) is 18.9 Å². The van der Waals surface area contributed by atoms with E-state index in [-0.39, 0.29) is 5.03 Å². The summed E-state index contributed by atoms with van der Waals surface area (Å²) < 4.78 is 26.3. The van der Waals surface area contributed by atoms with Gasteiger partial charge in [0.15, 0.2) is 5.03 Å². The third kappa shape index (κ3) is 3.94. The minimum atomic E-state index is -3.42. The van der Waals surface area contributed by atoms with Crippen LogP contribution in [-0.4, -0.2) is 48.8 Å². The van der Waals surface area contributed by atoms with Crippen molar-refractivity contribution in [2.75, 3.05) is 31.1 Å². The van der Waals surface area contributed by atoms with Crippen molar-refractivity contribution in [3.63, 3.8) is 0 Å². The molecule has 1 aliphatic rings. The molecule has 1 aromatic heterocycles. The fourth-order valence-electron chi connectivity index (χ4n) is 2.00. The van der Waals surface area contributed by atoms with Gasteiger partial charge in [-0.1, -0.05) is 13.0 Å². The molecule has 5 nitrogen and oxygen atoms in total. The average Bonchev–Trinajstić information content (AvgIpc) is 2.49. The molecule has 1 saturated heterocycles. The molecule has 0 spiro atoms. The zero-order chi connectivity index (χ0) is 14.4. The Morgan fingerprint density at radius 1 is 1.35 bits per heavy atom. The first-order valence-corrected chi connectivity index (χ1v) is 9.47. The molecule has 0 radical (unpaired) electrons. The lowest BCUT2D eigenvalue weighted by Crippen LogP contribution is -2.38. The van der Waals surface area contributed by atoms with Gasteiger partial charge in [-0.15, -0.1) is 0 Å². The summed E-state index contributed by atoms with van der Waals surface area (Å²) in [6.45, 7) is 4.94. The highest BCUT2D eigenvalue weighted by Crippen LogP contribution is 2.18. The summed E-state index contributed by atoms with van der Waals surface area (Å²) in [5.74, 6) is 1.72. The van der Waals surface area contributed by atoms with Crippen LogP contribution in [0.5, 0.6) is 0 Å². The molecule has 7 heteroatoms. The lowest BCUT2D eigenvalue weighted by molar-refractivity contribution is 0.441. The van der Waals surface area contributed by atoms with Crippen molar-refractivity contribution in [1.29, 1.82) is 0 Å². The number of nitrogens with one attached hydrogen (secondary N) is 1. The van der Waals surface area contributed by atoms with Gasteiger partial charge in [0.05, 0.1) is 0 Å². The van der Waals surface area contributed by atoms with Gasteiger partial charge in [-0.25, -0.2) is 13.4 Å². The van der Waals surface area contributed by atoms with E-state index in [0.29, 0.717) is 13.1 Å². The van der Waals surface area contributed by atoms with E-state index >= 15 is 0 Å². The van der Waals surface area contributed by atoms with Gasteiger partial charge in [-0.2, -0.15) is 16.1 Å². The van der Waals surface area contributed by atoms with Crippen molar-refractivity contribution < 1.29 is 8.42 Å². The third-order valence-electron chi connectivity index (χ3n) is 3.13. The quantitative estimate of drug-likeness (QED) is 0.802. The summed E-state index contributed by atoms with van der Waals surface area (Å²) in [4.78, 5) is 4.13. The molecule has 2 heterocycles. The van der Waals surface area contributed by atoms with Crippen LogP contribution >= 0.6 is 11.8 Å². The molecular formula is C13H21N3O2S2. The maximum absolute atomic E-state index is 12.4. The summed E-state index contributed by atoms with van der Waals surface area (Å²) in [7, 11) is -3.42. The molecule has 0 unspecified atom stereocenters. The van der Waals surface area contributed by atoms with Gasteiger partial charge in [-0.3, -0.25) is 0 Å². The van der Waals surface area contributed by atoms with E-state index in [1.807, 2.05) is 6.07 Å². The number of aromatic nitrogens is 1. The Bertz CT molecular complexity index is 511. The van der Waals surface area contributed by atoms with Crippen molar-refractivity contribution in [3.8, 4) is 0 Å². The van der Waals surface area contributed by atoms with Crippen LogP contribution in [-0.2, 0) is 16.6 Å². The van der Waals surface area contributed by atoms with E-state index in [0.717, 1.165) is 36.6 Å². The molecule has 0 atom stereocenters. The van der Waals surface area contributed by atoms with Crippen LogP contribution in [0.25, 0.3) is 0 Å². The van der Waals surface area contributed by atoms with Crippen molar-refractivity contribution >= 4 is 21.8 Å². The van der Waals surface area contributed by atoms with Gasteiger partial charge in [0.1, 0.15) is 0 Å². The van der Waals surface area contributed by atoms with Gasteiger partial charge in [0.2, 0.25) is 0 Å². The maximum atomic E-state index is 12.4. The Balaban J connectivity index is 2.04. The Kier molecular flexibility index (Phi) is 5.83. The van der Waals surface area contributed by atoms with Crippen LogP contribution < -0.4 is 5.32 Å². The maximum Gasteiger partial charge on any atom is 0.260 e. The zero-order valence-corrected chi connectivity index (χ0v) is 13.3. The van der Waals surface area contributed by atoms with Crippen LogP contribution in [0, 0.1) is 0 Å². The normalized spacial score (nSPS) is 17.2. The first kappa shape index (κ1) is 15.8. The van der Waals surface area contributed by atoms with Crippen molar-refractivity contribution in [2.24, 2.45) is 0 Å². The first-order chi connectivity index (χ1) is 9.64. The molecule has 0 saturated carbocycles. The predicted molar refractivity (Wildman–Crippen MR) is 82.3 cm³/mol. The number of nitrogens with zero attached hydrogens (tertiary/aromatic N) is 2. The second-order valence-corrected chi connectivity index (χ2v) is 7.81. The van der Waals surface area contributed by atoms with Crippen molar-refractivity contribution in [2.45, 2.75) is 24.9 Å². The number of pyridine rings is 1. The molecular weight excluding hydrogens is 294 g/mol. The standard InChI is InChI=1S/C13H21N3O2S2/c1-2-5-14-10-12-3-4-13(15-11-12)20(17,18)16-6-8-19-9-7-16/h3-4,11,14H,2,5-10H2,1H3. The van der Waals surface area contributed by atoms with E-state index in [1.54, 1.807) is 24.0 Å². The summed E-state index contributed by atoms with van der Waals surface area (Å²) in [5, 5.41) is 3.43. The summed E-state index contributed by atoms with van der Waals surface area (Å²) in [6, 6.07) is 3.45. The fraction of sp³-hybridized carbons (Fsp3) is 0.615. The van der Waals surface area contributed by atoms with E-state index in [4.69, 9.17) is 0 Å². The molecule has 0 bridgehead atoms. The molecule has 1 aliphatic heterocycles. The number of hydrogen-bond donors (Lipinski definition) is 1. The molecule has 2 rings (SSSR count). The molecule has 1 N–H and O–H groups in total. The molecule has 0 aromatic carbocycles. The third-order valence-corrected chi connectivity index (χ3v) is 5.89. The molecule has 0 amide bonds. The van der Waals surface area contributed by atoms with E-state index in [9.17, 15) is 8.42 Å². The smallest absolute Gasteiger partial charge is 0.260 e. The fourth-order valence-corrected chi connectivity index (χ4v) is 4.48. The monoisotopic (exact) mass is 315 g/mol. The number of sulfonamides is 1. The number of rotatable bonds is 6. The van der Waals surface area contributed by atoms with E-state index in [1.165, 1.54) is 4.31 Å². The minimum Gasteiger partial charge on any atom is -0.313 e. The van der Waals surface area contributed by atoms with Gasteiger partial charge in [0, 0.05) is 37.3 Å². The number of thioether (sulfide) groups is 1. The van der Waals surface area contributed by atoms with Gasteiger partial charge < -0.3 is 5.32 Å². The number of hydrogen-bond acceptors (Lipinski definition) is 5. The molecule has 0 aliphatic carbocycles. The van der Waals surface area contributed by atoms with Crippen LogP contribution in [0.4, 0.5) is 0 Å². The average molecular weight is 315 g/mol. The molecule has 112 valence electrons. The van der Waals surface area contributed by atoms with Crippen LogP contribution in [0.2, 0.25) is 0 Å². The Morgan fingerprint density at radius 2 is 2.10 bits per heavy atom.